The summed E-state index contributed by atoms with van der Waals surface area (Å²) >= 11 is 0. The third-order valence-corrected chi connectivity index (χ3v) is 6.12. The molecule has 3 rings (SSSR count). The van der Waals surface area contributed by atoms with Gasteiger partial charge in [-0.2, -0.15) is 0 Å². The van der Waals surface area contributed by atoms with E-state index in [4.69, 9.17) is 15.5 Å². The van der Waals surface area contributed by atoms with Gasteiger partial charge in [-0.05, 0) is 74.0 Å². The molecule has 2 aromatic rings. The van der Waals surface area contributed by atoms with Crippen LogP contribution >= 0.6 is 0 Å². The molecule has 0 aliphatic heterocycles. The number of pyridine rings is 1. The van der Waals surface area contributed by atoms with Crippen LogP contribution in [0.2, 0.25) is 0 Å². The molecule has 0 bridgehead atoms. The minimum Gasteiger partial charge on any atom is -0.550 e. The number of carbonyl (C=O) groups excluding carboxylic acids is 1. The summed E-state index contributed by atoms with van der Waals surface area (Å²) in [7, 11) is 1.50. The largest absolute Gasteiger partial charge is 1.00 e. The molecule has 0 fully saturated rings. The summed E-state index contributed by atoms with van der Waals surface area (Å²) in [6.07, 6.45) is 13.8. The van der Waals surface area contributed by atoms with Crippen molar-refractivity contribution in [2.75, 3.05) is 7.11 Å². The number of aromatic nitrogens is 3. The van der Waals surface area contributed by atoms with Crippen LogP contribution in [0.1, 0.15) is 85.4 Å². The van der Waals surface area contributed by atoms with Gasteiger partial charge in [-0.15, -0.1) is 0 Å². The van der Waals surface area contributed by atoms with Gasteiger partial charge in [0.05, 0.1) is 7.11 Å². The van der Waals surface area contributed by atoms with Crippen molar-refractivity contribution in [3.05, 3.63) is 46.5 Å². The SMILES string of the molecule is COc1ncc([C@@H](CCCCCCc2nc3c(cc2CN)CCCC3)CC(=O)[O-])cn1.[Na+]. The van der Waals surface area contributed by atoms with E-state index in [-0.39, 0.29) is 47.9 Å². The minimum absolute atomic E-state index is 0. The molecule has 0 aromatic carbocycles. The maximum Gasteiger partial charge on any atom is 1.00 e. The van der Waals surface area contributed by atoms with E-state index < -0.39 is 5.97 Å². The van der Waals surface area contributed by atoms with Crippen LogP contribution in [-0.2, 0) is 30.6 Å². The van der Waals surface area contributed by atoms with Gasteiger partial charge in [-0.3, -0.25) is 4.98 Å². The van der Waals surface area contributed by atoms with Crippen molar-refractivity contribution in [1.82, 2.24) is 15.0 Å². The molecular weight excluding hydrogens is 415 g/mol. The molecule has 1 atom stereocenters. The van der Waals surface area contributed by atoms with Crippen molar-refractivity contribution in [1.29, 1.82) is 0 Å². The van der Waals surface area contributed by atoms with Gasteiger partial charge in [0.25, 0.3) is 0 Å². The number of ether oxygens (including phenoxy) is 1. The van der Waals surface area contributed by atoms with Gasteiger partial charge in [0.1, 0.15) is 0 Å². The molecule has 0 saturated carbocycles. The van der Waals surface area contributed by atoms with Gasteiger partial charge >= 0.3 is 35.6 Å². The number of nitrogens with two attached hydrogens (primary N) is 1. The molecular formula is C24H33N4NaO3. The molecule has 1 aliphatic rings. The number of aryl methyl sites for hydroxylation is 3. The molecule has 1 aliphatic carbocycles. The van der Waals surface area contributed by atoms with Gasteiger partial charge in [-0.1, -0.05) is 25.3 Å². The van der Waals surface area contributed by atoms with E-state index >= 15 is 0 Å². The van der Waals surface area contributed by atoms with E-state index in [0.717, 1.165) is 62.6 Å². The molecule has 0 radical (unpaired) electrons. The van der Waals surface area contributed by atoms with Crippen LogP contribution in [0.25, 0.3) is 0 Å². The van der Waals surface area contributed by atoms with Crippen LogP contribution < -0.4 is 45.1 Å². The molecule has 32 heavy (non-hydrogen) atoms. The van der Waals surface area contributed by atoms with E-state index in [0.29, 0.717) is 6.54 Å². The maximum absolute atomic E-state index is 11.2. The Morgan fingerprint density at radius 3 is 2.56 bits per heavy atom. The zero-order valence-corrected chi connectivity index (χ0v) is 21.4. The zero-order chi connectivity index (χ0) is 22.1. The van der Waals surface area contributed by atoms with Gasteiger partial charge in [-0.25, -0.2) is 9.97 Å². The third-order valence-electron chi connectivity index (χ3n) is 6.12. The summed E-state index contributed by atoms with van der Waals surface area (Å²) in [4.78, 5) is 24.3. The molecule has 0 unspecified atom stereocenters. The standard InChI is InChI=1S/C24H34N4O3.Na/c1-31-24-26-15-20(16-27-24)17(13-23(29)30)8-4-2-3-5-10-22-19(14-25)12-18-9-6-7-11-21(18)28-22;/h12,15-17H,2-11,13-14,25H2,1H3,(H,29,30);/q;+1/p-1/t17-;/m0./s1. The van der Waals surface area contributed by atoms with E-state index in [1.165, 1.54) is 36.8 Å². The second kappa shape index (κ2) is 13.9. The predicted molar refractivity (Wildman–Crippen MR) is 117 cm³/mol. The van der Waals surface area contributed by atoms with Crippen LogP contribution in [0.5, 0.6) is 6.01 Å². The average molecular weight is 449 g/mol. The van der Waals surface area contributed by atoms with E-state index in [1.54, 1.807) is 12.4 Å². The fourth-order valence-electron chi connectivity index (χ4n) is 4.38. The number of aliphatic carboxylic acids is 1. The summed E-state index contributed by atoms with van der Waals surface area (Å²) in [5.74, 6) is -1.18. The molecule has 2 heterocycles. The number of carboxylic acids is 1. The topological polar surface area (TPSA) is 114 Å². The summed E-state index contributed by atoms with van der Waals surface area (Å²) in [6, 6.07) is 2.56. The summed E-state index contributed by atoms with van der Waals surface area (Å²) < 4.78 is 4.98. The van der Waals surface area contributed by atoms with Crippen LogP contribution in [0.3, 0.4) is 0 Å². The Balaban J connectivity index is 0.00000363. The first-order valence-electron chi connectivity index (χ1n) is 11.4. The molecule has 2 N–H and O–H groups in total. The minimum atomic E-state index is -1.05. The number of rotatable bonds is 12. The molecule has 0 saturated heterocycles. The summed E-state index contributed by atoms with van der Waals surface area (Å²) in [6.45, 7) is 0.546. The first-order valence-corrected chi connectivity index (χ1v) is 11.4. The summed E-state index contributed by atoms with van der Waals surface area (Å²) in [5, 5.41) is 11.2. The van der Waals surface area contributed by atoms with E-state index in [9.17, 15) is 9.90 Å². The number of unbranched alkanes of at least 4 members (excludes halogenated alkanes) is 3. The Morgan fingerprint density at radius 1 is 1.16 bits per heavy atom. The second-order valence-corrected chi connectivity index (χ2v) is 8.34. The normalized spacial score (nSPS) is 13.7. The van der Waals surface area contributed by atoms with Crippen molar-refractivity contribution in [3.8, 4) is 6.01 Å². The monoisotopic (exact) mass is 448 g/mol. The smallest absolute Gasteiger partial charge is 0.550 e. The number of methoxy groups -OCH3 is 1. The van der Waals surface area contributed by atoms with Crippen LogP contribution in [-0.4, -0.2) is 28.0 Å². The number of carbonyl (C=O) groups is 1. The number of nitrogens with zero attached hydrogens (tertiary/aromatic N) is 3. The second-order valence-electron chi connectivity index (χ2n) is 8.34. The molecule has 2 aromatic heterocycles. The molecule has 0 spiro atoms. The Bertz CT molecular complexity index is 861. The molecule has 0 amide bonds. The summed E-state index contributed by atoms with van der Waals surface area (Å²) in [5.41, 5.74) is 11.8. The van der Waals surface area contributed by atoms with Crippen LogP contribution in [0.15, 0.2) is 18.5 Å². The van der Waals surface area contributed by atoms with Crippen LogP contribution in [0.4, 0.5) is 0 Å². The Labute approximate surface area is 212 Å². The van der Waals surface area contributed by atoms with Crippen molar-refractivity contribution in [2.45, 2.75) is 83.1 Å². The number of carboxylic acid groups (broad SMARTS) is 1. The third kappa shape index (κ3) is 7.80. The van der Waals surface area contributed by atoms with Crippen molar-refractivity contribution in [3.63, 3.8) is 0 Å². The molecule has 168 valence electrons. The maximum atomic E-state index is 11.2. The zero-order valence-electron chi connectivity index (χ0n) is 19.4. The van der Waals surface area contributed by atoms with Gasteiger partial charge in [0.15, 0.2) is 0 Å². The fourth-order valence-corrected chi connectivity index (χ4v) is 4.38. The number of hydrogen-bond acceptors (Lipinski definition) is 7. The van der Waals surface area contributed by atoms with Crippen molar-refractivity contribution < 1.29 is 44.2 Å². The Hall–Kier alpha value is -1.54. The van der Waals surface area contributed by atoms with Gasteiger partial charge < -0.3 is 20.4 Å². The van der Waals surface area contributed by atoms with Crippen molar-refractivity contribution in [2.24, 2.45) is 5.73 Å². The number of hydrogen-bond donors (Lipinski definition) is 1. The predicted octanol–water partition coefficient (Wildman–Crippen LogP) is -0.361. The van der Waals surface area contributed by atoms with Gasteiger partial charge in [0.2, 0.25) is 0 Å². The average Bonchev–Trinajstić information content (AvgIpc) is 2.79. The van der Waals surface area contributed by atoms with Crippen molar-refractivity contribution >= 4 is 5.97 Å². The molecule has 8 heteroatoms. The molecule has 7 nitrogen and oxygen atoms in total. The Morgan fingerprint density at radius 2 is 1.88 bits per heavy atom. The Kier molecular flexibility index (Phi) is 11.6. The van der Waals surface area contributed by atoms with E-state index in [1.807, 2.05) is 0 Å². The van der Waals surface area contributed by atoms with Crippen LogP contribution in [0, 0.1) is 0 Å². The van der Waals surface area contributed by atoms with E-state index in [2.05, 4.69) is 16.0 Å². The quantitative estimate of drug-likeness (QED) is 0.348. The fraction of sp³-hybridized carbons (Fsp3) is 0.583. The first-order chi connectivity index (χ1) is 15.1. The number of fused-ring (bicyclic) bond motifs is 1. The van der Waals surface area contributed by atoms with Gasteiger partial charge in [0, 0.05) is 36.3 Å². The first kappa shape index (κ1) is 26.7.